The molecule has 1 fully saturated rings. The van der Waals surface area contributed by atoms with Crippen molar-refractivity contribution in [1.29, 1.82) is 0 Å². The number of pyridine rings is 1. The maximum Gasteiger partial charge on any atom is 0.433 e. The summed E-state index contributed by atoms with van der Waals surface area (Å²) in [5, 5.41) is 3.46. The minimum atomic E-state index is -3.57. The number of carbonyl (C=O) groups excluding carboxylic acids is 2. The third-order valence-corrected chi connectivity index (χ3v) is 10.9. The highest BCUT2D eigenvalue weighted by molar-refractivity contribution is 7.91. The summed E-state index contributed by atoms with van der Waals surface area (Å²) in [4.78, 5) is 34.3. The predicted octanol–water partition coefficient (Wildman–Crippen LogP) is 5.39. The molecule has 3 aromatic carbocycles. The first-order chi connectivity index (χ1) is 21.9. The Morgan fingerprint density at radius 3 is 2.22 bits per heavy atom. The van der Waals surface area contributed by atoms with Gasteiger partial charge in [0.1, 0.15) is 4.21 Å². The Morgan fingerprint density at radius 2 is 1.56 bits per heavy atom. The molecule has 3 heterocycles. The lowest BCUT2D eigenvalue weighted by molar-refractivity contribution is 0.0940. The zero-order chi connectivity index (χ0) is 31.4. The summed E-state index contributed by atoms with van der Waals surface area (Å²) in [5.41, 5.74) is 6.35. The number of methoxy groups -OCH3 is 1. The highest BCUT2D eigenvalue weighted by Crippen LogP contribution is 2.32. The third kappa shape index (κ3) is 6.31. The van der Waals surface area contributed by atoms with Crippen LogP contribution in [0.2, 0.25) is 0 Å². The summed E-state index contributed by atoms with van der Waals surface area (Å²) >= 11 is 1.21. The lowest BCUT2D eigenvalue weighted by Gasteiger charge is -2.34. The Hall–Kier alpha value is -4.62. The van der Waals surface area contributed by atoms with Gasteiger partial charge in [-0.05, 0) is 29.6 Å². The van der Waals surface area contributed by atoms with E-state index in [1.165, 1.54) is 22.8 Å². The van der Waals surface area contributed by atoms with Crippen LogP contribution in [0.15, 0.2) is 107 Å². The molecule has 2 amide bonds. The molecule has 1 aliphatic rings. The van der Waals surface area contributed by atoms with Gasteiger partial charge in [0.2, 0.25) is 0 Å². The zero-order valence-corrected chi connectivity index (χ0v) is 26.1. The number of anilines is 1. The topological polar surface area (TPSA) is 112 Å². The van der Waals surface area contributed by atoms with Gasteiger partial charge < -0.3 is 4.74 Å². The summed E-state index contributed by atoms with van der Waals surface area (Å²) in [6.07, 6.45) is -0.749. The SMILES string of the molecule is COC(=O)N(NC(=O)c1c(CN2CCN(S(=O)(=O)c3cccs3)CC2)c(-c2ccccc2)nc2ccccc12)c1ccccc1. The van der Waals surface area contributed by atoms with E-state index < -0.39 is 22.0 Å². The second-order valence-electron chi connectivity index (χ2n) is 10.4. The number of nitrogens with zero attached hydrogens (tertiary/aromatic N) is 4. The van der Waals surface area contributed by atoms with Gasteiger partial charge in [0.05, 0.1) is 29.6 Å². The number of aromatic nitrogens is 1. The normalized spacial score (nSPS) is 14.2. The number of hydrazine groups is 1. The third-order valence-electron chi connectivity index (χ3n) is 7.65. The van der Waals surface area contributed by atoms with Gasteiger partial charge in [0, 0.05) is 49.2 Å². The van der Waals surface area contributed by atoms with E-state index in [2.05, 4.69) is 10.3 Å². The van der Waals surface area contributed by atoms with E-state index >= 15 is 0 Å². The number of hydrogen-bond acceptors (Lipinski definition) is 8. The smallest absolute Gasteiger partial charge is 0.433 e. The molecule has 12 heteroatoms. The average molecular weight is 642 g/mol. The van der Waals surface area contributed by atoms with Crippen molar-refractivity contribution in [1.82, 2.24) is 19.6 Å². The number of carbonyl (C=O) groups is 2. The first-order valence-corrected chi connectivity index (χ1v) is 16.7. The number of amides is 2. The van der Waals surface area contributed by atoms with Crippen molar-refractivity contribution in [2.24, 2.45) is 0 Å². The molecule has 0 bridgehead atoms. The Balaban J connectivity index is 1.40. The Kier molecular flexibility index (Phi) is 8.90. The molecule has 0 unspecified atom stereocenters. The van der Waals surface area contributed by atoms with E-state index in [9.17, 15) is 18.0 Å². The van der Waals surface area contributed by atoms with Crippen LogP contribution in [-0.4, -0.2) is 67.9 Å². The van der Waals surface area contributed by atoms with Crippen molar-refractivity contribution in [2.75, 3.05) is 38.3 Å². The first-order valence-electron chi connectivity index (χ1n) is 14.3. The van der Waals surface area contributed by atoms with Crippen LogP contribution in [0.25, 0.3) is 22.2 Å². The van der Waals surface area contributed by atoms with Crippen LogP contribution in [0, 0.1) is 0 Å². The summed E-state index contributed by atoms with van der Waals surface area (Å²) in [5.74, 6) is -0.506. The average Bonchev–Trinajstić information content (AvgIpc) is 3.64. The molecule has 1 saturated heterocycles. The molecule has 45 heavy (non-hydrogen) atoms. The fraction of sp³-hybridized carbons (Fsp3) is 0.182. The molecule has 1 aliphatic heterocycles. The molecule has 0 spiro atoms. The van der Waals surface area contributed by atoms with E-state index in [-0.39, 0.29) is 0 Å². The molecular formula is C33H31N5O5S2. The molecular weight excluding hydrogens is 611 g/mol. The number of thiophene rings is 1. The molecule has 0 aliphatic carbocycles. The summed E-state index contributed by atoms with van der Waals surface area (Å²) in [6.45, 7) is 1.89. The molecule has 0 saturated carbocycles. The number of hydrogen-bond donors (Lipinski definition) is 1. The second kappa shape index (κ2) is 13.2. The predicted molar refractivity (Wildman–Crippen MR) is 174 cm³/mol. The van der Waals surface area contributed by atoms with Crippen LogP contribution in [0.5, 0.6) is 0 Å². The number of nitrogens with one attached hydrogen (secondary N) is 1. The number of ether oxygens (including phenoxy) is 1. The van der Waals surface area contributed by atoms with E-state index in [4.69, 9.17) is 9.72 Å². The van der Waals surface area contributed by atoms with Gasteiger partial charge in [-0.2, -0.15) is 9.31 Å². The summed E-state index contributed by atoms with van der Waals surface area (Å²) in [6, 6.07) is 29.1. The van der Waals surface area contributed by atoms with E-state index in [0.717, 1.165) is 10.6 Å². The maximum atomic E-state index is 14.3. The largest absolute Gasteiger partial charge is 0.451 e. The lowest BCUT2D eigenvalue weighted by Crippen LogP contribution is -2.49. The minimum Gasteiger partial charge on any atom is -0.451 e. The van der Waals surface area contributed by atoms with Crippen LogP contribution in [-0.2, 0) is 21.3 Å². The van der Waals surface area contributed by atoms with Crippen LogP contribution in [0.3, 0.4) is 0 Å². The molecule has 0 atom stereocenters. The van der Waals surface area contributed by atoms with E-state index in [1.807, 2.05) is 60.7 Å². The number of para-hydroxylation sites is 2. The summed E-state index contributed by atoms with van der Waals surface area (Å²) < 4.78 is 33.1. The van der Waals surface area contributed by atoms with Crippen LogP contribution >= 0.6 is 11.3 Å². The van der Waals surface area contributed by atoms with Crippen molar-refractivity contribution in [2.45, 2.75) is 10.8 Å². The van der Waals surface area contributed by atoms with E-state index in [1.54, 1.807) is 41.8 Å². The number of fused-ring (bicyclic) bond motifs is 1. The number of sulfonamides is 1. The second-order valence-corrected chi connectivity index (χ2v) is 13.5. The van der Waals surface area contributed by atoms with Crippen LogP contribution in [0.1, 0.15) is 15.9 Å². The van der Waals surface area contributed by atoms with Gasteiger partial charge in [0.25, 0.3) is 15.9 Å². The van der Waals surface area contributed by atoms with Gasteiger partial charge >= 0.3 is 6.09 Å². The van der Waals surface area contributed by atoms with Crippen LogP contribution in [0.4, 0.5) is 10.5 Å². The van der Waals surface area contributed by atoms with Crippen molar-refractivity contribution < 1.29 is 22.7 Å². The molecule has 5 aromatic rings. The highest BCUT2D eigenvalue weighted by atomic mass is 32.2. The monoisotopic (exact) mass is 641 g/mol. The van der Waals surface area contributed by atoms with Crippen molar-refractivity contribution in [3.8, 4) is 11.3 Å². The number of piperazine rings is 1. The molecule has 2 aromatic heterocycles. The highest BCUT2D eigenvalue weighted by Gasteiger charge is 2.31. The van der Waals surface area contributed by atoms with Gasteiger partial charge in [-0.15, -0.1) is 11.3 Å². The molecule has 0 radical (unpaired) electrons. The molecule has 230 valence electrons. The quantitative estimate of drug-likeness (QED) is 0.237. The van der Waals surface area contributed by atoms with Gasteiger partial charge in [0.15, 0.2) is 0 Å². The maximum absolute atomic E-state index is 14.3. The Bertz CT molecular complexity index is 1910. The van der Waals surface area contributed by atoms with Gasteiger partial charge in [-0.1, -0.05) is 72.8 Å². The standard InChI is InChI=1S/C33H31N5O5S2/c1-43-33(40)38(25-13-6-3-7-14-25)35-32(39)30-26-15-8-9-16-28(26)34-31(24-11-4-2-5-12-24)27(30)23-36-18-20-37(21-19-36)45(41,42)29-17-10-22-44-29/h2-17,22H,18-21,23H2,1H3,(H,35,39). The fourth-order valence-electron chi connectivity index (χ4n) is 5.43. The molecule has 6 rings (SSSR count). The van der Waals surface area contributed by atoms with E-state index in [0.29, 0.717) is 70.3 Å². The molecule has 10 nitrogen and oxygen atoms in total. The molecule has 1 N–H and O–H groups in total. The van der Waals surface area contributed by atoms with Crippen molar-refractivity contribution in [3.63, 3.8) is 0 Å². The number of benzene rings is 3. The Labute approximate surface area is 265 Å². The van der Waals surface area contributed by atoms with Gasteiger partial charge in [-0.25, -0.2) is 18.2 Å². The first kappa shape index (κ1) is 30.4. The minimum absolute atomic E-state index is 0.313. The van der Waals surface area contributed by atoms with Crippen LogP contribution < -0.4 is 10.4 Å². The van der Waals surface area contributed by atoms with Crippen molar-refractivity contribution >= 4 is 50.0 Å². The number of rotatable bonds is 7. The van der Waals surface area contributed by atoms with Crippen molar-refractivity contribution in [3.05, 3.63) is 114 Å². The fourth-order valence-corrected chi connectivity index (χ4v) is 8.00. The Morgan fingerprint density at radius 1 is 0.889 bits per heavy atom. The lowest BCUT2D eigenvalue weighted by atomic mass is 9.95. The van der Waals surface area contributed by atoms with Gasteiger partial charge in [-0.3, -0.25) is 15.1 Å². The zero-order valence-electron chi connectivity index (χ0n) is 24.5. The summed E-state index contributed by atoms with van der Waals surface area (Å²) in [7, 11) is -2.31.